The van der Waals surface area contributed by atoms with Gasteiger partial charge in [-0.15, -0.1) is 4.83 Å². The van der Waals surface area contributed by atoms with Crippen LogP contribution in [-0.4, -0.2) is 33.3 Å². The number of nitrogens with one attached hydrogen (secondary N) is 2. The molecule has 0 bridgehead atoms. The molecule has 0 saturated heterocycles. The van der Waals surface area contributed by atoms with Gasteiger partial charge in [-0.05, 0) is 58.1 Å². The Morgan fingerprint density at radius 1 is 1.29 bits per heavy atom. The Hall–Kier alpha value is -1.61. The predicted molar refractivity (Wildman–Crippen MR) is 113 cm³/mol. The van der Waals surface area contributed by atoms with Gasteiger partial charge in [-0.25, -0.2) is 13.8 Å². The molecule has 0 aromatic heterocycles. The molecule has 1 rings (SSSR count). The Morgan fingerprint density at radius 3 is 2.43 bits per heavy atom. The molecule has 5 N–H and O–H groups in total. The van der Waals surface area contributed by atoms with E-state index in [1.165, 1.54) is 11.8 Å². The highest BCUT2D eigenvalue weighted by Crippen LogP contribution is 2.40. The lowest BCUT2D eigenvalue weighted by Crippen LogP contribution is -2.46. The first-order chi connectivity index (χ1) is 13.1. The van der Waals surface area contributed by atoms with Gasteiger partial charge in [0.15, 0.2) is 0 Å². The maximum absolute atomic E-state index is 13.1. The van der Waals surface area contributed by atoms with Crippen LogP contribution in [0, 0.1) is 5.92 Å². The minimum atomic E-state index is -3.81. The minimum absolute atomic E-state index is 0.0224. The van der Waals surface area contributed by atoms with Gasteiger partial charge >= 0.3 is 0 Å². The van der Waals surface area contributed by atoms with E-state index in [4.69, 9.17) is 10.5 Å². The maximum atomic E-state index is 13.1. The molecule has 0 fully saturated rings. The van der Waals surface area contributed by atoms with Crippen molar-refractivity contribution in [3.05, 3.63) is 45.2 Å². The number of ether oxygens (including phenoxy) is 1. The molecular formula is C20H35N3O4S. The van der Waals surface area contributed by atoms with E-state index in [0.29, 0.717) is 29.7 Å². The fraction of sp³-hybridized carbons (Fsp3) is 0.600. The highest BCUT2D eigenvalue weighted by molar-refractivity contribution is 7.93. The quantitative estimate of drug-likeness (QED) is 0.323. The molecule has 0 aromatic rings. The molecule has 2 atom stereocenters. The SMILES string of the molecule is COC1=C(C)C(C)=C(S(=O)(=O)NN[C@H](CCO)CCC=C(C)C)C(C)C1=CN. The summed E-state index contributed by atoms with van der Waals surface area (Å²) in [5.74, 6) is 0.171. The molecule has 7 nitrogen and oxygen atoms in total. The summed E-state index contributed by atoms with van der Waals surface area (Å²) in [6.07, 6.45) is 5.46. The first-order valence-electron chi connectivity index (χ1n) is 9.50. The normalized spacial score (nSPS) is 20.5. The van der Waals surface area contributed by atoms with Crippen molar-refractivity contribution in [2.24, 2.45) is 11.7 Å². The number of aliphatic hydroxyl groups is 1. The molecule has 28 heavy (non-hydrogen) atoms. The van der Waals surface area contributed by atoms with Gasteiger partial charge in [0, 0.05) is 30.3 Å². The van der Waals surface area contributed by atoms with E-state index in [9.17, 15) is 13.5 Å². The Kier molecular flexibility index (Phi) is 9.43. The Bertz CT molecular complexity index is 775. The summed E-state index contributed by atoms with van der Waals surface area (Å²) in [4.78, 5) is 2.78. The van der Waals surface area contributed by atoms with Gasteiger partial charge in [-0.3, -0.25) is 0 Å². The third-order valence-corrected chi connectivity index (χ3v) is 6.64. The van der Waals surface area contributed by atoms with Crippen LogP contribution < -0.4 is 16.0 Å². The number of allylic oxidation sites excluding steroid dienone is 6. The summed E-state index contributed by atoms with van der Waals surface area (Å²) in [6, 6.07) is -0.175. The molecule has 0 spiro atoms. The van der Waals surface area contributed by atoms with E-state index in [-0.39, 0.29) is 17.6 Å². The summed E-state index contributed by atoms with van der Waals surface area (Å²) < 4.78 is 31.6. The van der Waals surface area contributed by atoms with Gasteiger partial charge < -0.3 is 15.6 Å². The highest BCUT2D eigenvalue weighted by atomic mass is 32.2. The van der Waals surface area contributed by atoms with Crippen LogP contribution in [0.1, 0.15) is 53.9 Å². The van der Waals surface area contributed by atoms with Crippen LogP contribution >= 0.6 is 0 Å². The molecule has 1 aliphatic rings. The predicted octanol–water partition coefficient (Wildman–Crippen LogP) is 2.59. The summed E-state index contributed by atoms with van der Waals surface area (Å²) in [6.45, 7) is 9.40. The zero-order valence-electron chi connectivity index (χ0n) is 17.8. The van der Waals surface area contributed by atoms with Crippen molar-refractivity contribution in [2.75, 3.05) is 13.7 Å². The van der Waals surface area contributed by atoms with E-state index >= 15 is 0 Å². The van der Waals surface area contributed by atoms with Crippen molar-refractivity contribution in [3.8, 4) is 0 Å². The molecule has 160 valence electrons. The second-order valence-corrected chi connectivity index (χ2v) is 8.96. The Morgan fingerprint density at radius 2 is 1.93 bits per heavy atom. The van der Waals surface area contributed by atoms with Crippen molar-refractivity contribution in [2.45, 2.75) is 59.9 Å². The zero-order chi connectivity index (χ0) is 21.5. The van der Waals surface area contributed by atoms with Gasteiger partial charge in [0.25, 0.3) is 0 Å². The van der Waals surface area contributed by atoms with Crippen LogP contribution in [0.4, 0.5) is 0 Å². The molecule has 8 heteroatoms. The van der Waals surface area contributed by atoms with Gasteiger partial charge in [0.1, 0.15) is 5.76 Å². The lowest BCUT2D eigenvalue weighted by atomic mass is 9.87. The van der Waals surface area contributed by atoms with E-state index in [0.717, 1.165) is 12.0 Å². The first-order valence-corrected chi connectivity index (χ1v) is 11.0. The van der Waals surface area contributed by atoms with Crippen LogP contribution in [0.2, 0.25) is 0 Å². The second-order valence-electron chi connectivity index (χ2n) is 7.31. The lowest BCUT2D eigenvalue weighted by molar-refractivity contribution is 0.258. The fourth-order valence-electron chi connectivity index (χ4n) is 3.39. The van der Waals surface area contributed by atoms with Crippen LogP contribution in [0.5, 0.6) is 0 Å². The Labute approximate surface area is 169 Å². The van der Waals surface area contributed by atoms with Crippen molar-refractivity contribution in [1.82, 2.24) is 10.3 Å². The summed E-state index contributed by atoms with van der Waals surface area (Å²) in [5.41, 5.74) is 11.9. The topological polar surface area (TPSA) is 114 Å². The largest absolute Gasteiger partial charge is 0.496 e. The monoisotopic (exact) mass is 413 g/mol. The standard InChI is InChI=1S/C20H35N3O4S/c1-13(2)8-7-9-17(10-11-24)22-23-28(25,26)20-15(4)14(3)19(27-6)18(12-21)16(20)5/h8,12,16-17,22-24H,7,9-11,21H2,1-6H3/t16?,17-/m0/s1. The molecule has 0 radical (unpaired) electrons. The van der Waals surface area contributed by atoms with Gasteiger partial charge in [0.2, 0.25) is 10.0 Å². The number of aliphatic hydroxyl groups excluding tert-OH is 1. The van der Waals surface area contributed by atoms with Crippen LogP contribution in [0.15, 0.2) is 45.2 Å². The molecular weight excluding hydrogens is 378 g/mol. The molecule has 1 unspecified atom stereocenters. The molecule has 0 aliphatic heterocycles. The number of hydrogen-bond donors (Lipinski definition) is 4. The number of sulfonamides is 1. The highest BCUT2D eigenvalue weighted by Gasteiger charge is 2.35. The molecule has 0 heterocycles. The van der Waals surface area contributed by atoms with Gasteiger partial charge in [-0.1, -0.05) is 18.6 Å². The van der Waals surface area contributed by atoms with E-state index in [1.807, 2.05) is 20.8 Å². The first kappa shape index (κ1) is 24.4. The molecule has 1 aliphatic carbocycles. The average Bonchev–Trinajstić information content (AvgIpc) is 2.62. The van der Waals surface area contributed by atoms with E-state index in [1.54, 1.807) is 21.0 Å². The number of hydrogen-bond acceptors (Lipinski definition) is 6. The zero-order valence-corrected chi connectivity index (χ0v) is 18.6. The Balaban J connectivity index is 3.08. The van der Waals surface area contributed by atoms with Crippen LogP contribution in [0.3, 0.4) is 0 Å². The lowest BCUT2D eigenvalue weighted by Gasteiger charge is -2.30. The van der Waals surface area contributed by atoms with Crippen molar-refractivity contribution in [3.63, 3.8) is 0 Å². The second kappa shape index (κ2) is 10.8. The number of nitrogens with two attached hydrogens (primary N) is 1. The van der Waals surface area contributed by atoms with Crippen molar-refractivity contribution in [1.29, 1.82) is 0 Å². The van der Waals surface area contributed by atoms with Crippen LogP contribution in [0.25, 0.3) is 0 Å². The van der Waals surface area contributed by atoms with E-state index in [2.05, 4.69) is 16.3 Å². The molecule has 0 amide bonds. The summed E-state index contributed by atoms with van der Waals surface area (Å²) in [7, 11) is -2.26. The average molecular weight is 414 g/mol. The van der Waals surface area contributed by atoms with Gasteiger partial charge in [0.05, 0.1) is 12.0 Å². The minimum Gasteiger partial charge on any atom is -0.496 e. The number of rotatable bonds is 10. The molecule has 0 saturated carbocycles. The fourth-order valence-corrected chi connectivity index (χ4v) is 4.97. The van der Waals surface area contributed by atoms with Crippen molar-refractivity contribution < 1.29 is 18.3 Å². The smallest absolute Gasteiger partial charge is 0.250 e. The number of methoxy groups -OCH3 is 1. The third-order valence-electron chi connectivity index (χ3n) is 5.01. The summed E-state index contributed by atoms with van der Waals surface area (Å²) in [5, 5.41) is 9.28. The van der Waals surface area contributed by atoms with Crippen molar-refractivity contribution >= 4 is 10.0 Å². The van der Waals surface area contributed by atoms with Crippen LogP contribution in [-0.2, 0) is 14.8 Å². The molecule has 0 aromatic carbocycles. The number of hydrazine groups is 1. The van der Waals surface area contributed by atoms with Gasteiger partial charge in [-0.2, -0.15) is 0 Å². The van der Waals surface area contributed by atoms with E-state index < -0.39 is 15.9 Å². The third kappa shape index (κ3) is 5.94. The summed E-state index contributed by atoms with van der Waals surface area (Å²) >= 11 is 0. The maximum Gasteiger partial charge on any atom is 0.250 e.